The highest BCUT2D eigenvalue weighted by Crippen LogP contribution is 2.41. The summed E-state index contributed by atoms with van der Waals surface area (Å²) in [5.41, 5.74) is 1.38. The summed E-state index contributed by atoms with van der Waals surface area (Å²) in [5.74, 6) is -1.05. The first-order chi connectivity index (χ1) is 15.3. The third kappa shape index (κ3) is 4.50. The van der Waals surface area contributed by atoms with Crippen LogP contribution in [0.2, 0.25) is 0 Å². The highest BCUT2D eigenvalue weighted by molar-refractivity contribution is 6.00. The smallest absolute Gasteiger partial charge is 0.370 e. The van der Waals surface area contributed by atoms with Crippen LogP contribution < -0.4 is 10.2 Å². The lowest BCUT2D eigenvalue weighted by molar-refractivity contribution is -0.137. The Bertz CT molecular complexity index is 1010. The van der Waals surface area contributed by atoms with Crippen molar-refractivity contribution in [3.05, 3.63) is 65.2 Å². The van der Waals surface area contributed by atoms with Crippen molar-refractivity contribution in [2.45, 2.75) is 43.8 Å². The van der Waals surface area contributed by atoms with Gasteiger partial charge in [0, 0.05) is 18.2 Å². The summed E-state index contributed by atoms with van der Waals surface area (Å²) in [7, 11) is 0. The molecule has 2 aromatic carbocycles. The lowest BCUT2D eigenvalue weighted by atomic mass is 9.93. The van der Waals surface area contributed by atoms with Gasteiger partial charge in [0.25, 0.3) is 0 Å². The SMILES string of the molecule is CCC(C(=O)N1CC(CC2COCC(=O)N2)c2ccccc21)c1cccc(C(F)(F)F)c1. The number of morpholine rings is 1. The average molecular weight is 446 g/mol. The molecule has 2 aliphatic heterocycles. The number of nitrogens with zero attached hydrogens (tertiary/aromatic N) is 1. The van der Waals surface area contributed by atoms with Crippen LogP contribution in [0, 0.1) is 0 Å². The second kappa shape index (κ2) is 8.94. The third-order valence-corrected chi connectivity index (χ3v) is 6.15. The summed E-state index contributed by atoms with van der Waals surface area (Å²) in [6.45, 7) is 2.69. The Hall–Kier alpha value is -2.87. The molecule has 8 heteroatoms. The molecule has 0 saturated carbocycles. The van der Waals surface area contributed by atoms with Crippen LogP contribution in [0.15, 0.2) is 48.5 Å². The maximum atomic E-state index is 13.5. The monoisotopic (exact) mass is 446 g/mol. The second-order valence-corrected chi connectivity index (χ2v) is 8.30. The maximum absolute atomic E-state index is 13.5. The zero-order valence-electron chi connectivity index (χ0n) is 17.7. The van der Waals surface area contributed by atoms with E-state index in [4.69, 9.17) is 4.74 Å². The number of hydrogen-bond donors (Lipinski definition) is 1. The first-order valence-electron chi connectivity index (χ1n) is 10.7. The van der Waals surface area contributed by atoms with Gasteiger partial charge in [0.1, 0.15) is 6.61 Å². The summed E-state index contributed by atoms with van der Waals surface area (Å²) in [4.78, 5) is 26.9. The fourth-order valence-corrected chi connectivity index (χ4v) is 4.65. The number of para-hydroxylation sites is 1. The third-order valence-electron chi connectivity index (χ3n) is 6.15. The van der Waals surface area contributed by atoms with Crippen LogP contribution in [-0.2, 0) is 20.5 Å². The van der Waals surface area contributed by atoms with Crippen LogP contribution in [0.5, 0.6) is 0 Å². The molecule has 32 heavy (non-hydrogen) atoms. The van der Waals surface area contributed by atoms with Crippen molar-refractivity contribution < 1.29 is 27.5 Å². The van der Waals surface area contributed by atoms with Gasteiger partial charge < -0.3 is 15.0 Å². The number of rotatable bonds is 5. The molecule has 1 N–H and O–H groups in total. The highest BCUT2D eigenvalue weighted by Gasteiger charge is 2.38. The number of nitrogens with one attached hydrogen (secondary N) is 1. The van der Waals surface area contributed by atoms with Gasteiger partial charge >= 0.3 is 6.18 Å². The minimum atomic E-state index is -4.46. The van der Waals surface area contributed by atoms with E-state index < -0.39 is 17.7 Å². The van der Waals surface area contributed by atoms with E-state index in [-0.39, 0.29) is 30.4 Å². The zero-order chi connectivity index (χ0) is 22.9. The Morgan fingerprint density at radius 2 is 2.00 bits per heavy atom. The Morgan fingerprint density at radius 1 is 1.22 bits per heavy atom. The number of ether oxygens (including phenoxy) is 1. The molecule has 5 nitrogen and oxygen atoms in total. The number of anilines is 1. The van der Waals surface area contributed by atoms with Gasteiger partial charge in [-0.3, -0.25) is 9.59 Å². The molecule has 1 fully saturated rings. The van der Waals surface area contributed by atoms with Crippen LogP contribution >= 0.6 is 0 Å². The Kier molecular flexibility index (Phi) is 6.24. The highest BCUT2D eigenvalue weighted by atomic mass is 19.4. The van der Waals surface area contributed by atoms with Gasteiger partial charge in [0.2, 0.25) is 11.8 Å². The summed E-state index contributed by atoms with van der Waals surface area (Å²) >= 11 is 0. The molecule has 0 radical (unpaired) electrons. The topological polar surface area (TPSA) is 58.6 Å². The van der Waals surface area contributed by atoms with E-state index in [1.807, 2.05) is 24.3 Å². The van der Waals surface area contributed by atoms with Crippen molar-refractivity contribution in [3.8, 4) is 0 Å². The van der Waals surface area contributed by atoms with E-state index in [2.05, 4.69) is 5.32 Å². The molecule has 2 heterocycles. The first-order valence-corrected chi connectivity index (χ1v) is 10.7. The number of halogens is 3. The minimum absolute atomic E-state index is 0.00108. The van der Waals surface area contributed by atoms with E-state index in [1.54, 1.807) is 17.9 Å². The van der Waals surface area contributed by atoms with Gasteiger partial charge in [-0.15, -0.1) is 0 Å². The molecule has 3 atom stereocenters. The normalized spacial score (nSPS) is 21.8. The molecule has 0 aliphatic carbocycles. The summed E-state index contributed by atoms with van der Waals surface area (Å²) < 4.78 is 44.9. The van der Waals surface area contributed by atoms with Crippen molar-refractivity contribution in [1.29, 1.82) is 0 Å². The van der Waals surface area contributed by atoms with Crippen LogP contribution in [-0.4, -0.2) is 37.6 Å². The van der Waals surface area contributed by atoms with Crippen LogP contribution in [0.4, 0.5) is 18.9 Å². The van der Waals surface area contributed by atoms with Crippen LogP contribution in [0.25, 0.3) is 0 Å². The predicted molar refractivity (Wildman–Crippen MR) is 113 cm³/mol. The van der Waals surface area contributed by atoms with Crippen LogP contribution in [0.1, 0.15) is 48.3 Å². The number of fused-ring (bicyclic) bond motifs is 1. The molecule has 0 bridgehead atoms. The largest absolute Gasteiger partial charge is 0.416 e. The molecule has 170 valence electrons. The van der Waals surface area contributed by atoms with Gasteiger partial charge in [0.05, 0.1) is 24.1 Å². The van der Waals surface area contributed by atoms with E-state index in [1.165, 1.54) is 6.07 Å². The summed E-state index contributed by atoms with van der Waals surface area (Å²) in [6.07, 6.45) is -3.46. The van der Waals surface area contributed by atoms with Crippen LogP contribution in [0.3, 0.4) is 0 Å². The Labute approximate surface area is 184 Å². The predicted octanol–water partition coefficient (Wildman–Crippen LogP) is 4.23. The van der Waals surface area contributed by atoms with Crippen molar-refractivity contribution in [3.63, 3.8) is 0 Å². The molecule has 2 aromatic rings. The molecule has 1 saturated heterocycles. The molecule has 4 rings (SSSR count). The first kappa shape index (κ1) is 22.3. The molecule has 0 spiro atoms. The fourth-order valence-electron chi connectivity index (χ4n) is 4.65. The van der Waals surface area contributed by atoms with Gasteiger partial charge in [-0.05, 0) is 36.1 Å². The molecule has 0 aromatic heterocycles. The summed E-state index contributed by atoms with van der Waals surface area (Å²) in [6, 6.07) is 12.4. The fraction of sp³-hybridized carbons (Fsp3) is 0.417. The Balaban J connectivity index is 1.58. The second-order valence-electron chi connectivity index (χ2n) is 8.30. The quantitative estimate of drug-likeness (QED) is 0.748. The molecule has 3 unspecified atom stereocenters. The molecule has 2 aliphatic rings. The molecule has 2 amide bonds. The molecular formula is C24H25F3N2O3. The van der Waals surface area contributed by atoms with Crippen molar-refractivity contribution in [2.75, 3.05) is 24.7 Å². The lowest BCUT2D eigenvalue weighted by Crippen LogP contribution is -2.46. The number of carbonyl (C=O) groups is 2. The molecular weight excluding hydrogens is 421 g/mol. The number of amides is 2. The number of benzene rings is 2. The van der Waals surface area contributed by atoms with E-state index >= 15 is 0 Å². The van der Waals surface area contributed by atoms with Gasteiger partial charge in [-0.1, -0.05) is 43.3 Å². The number of carbonyl (C=O) groups excluding carboxylic acids is 2. The maximum Gasteiger partial charge on any atom is 0.416 e. The van der Waals surface area contributed by atoms with Crippen molar-refractivity contribution in [2.24, 2.45) is 0 Å². The Morgan fingerprint density at radius 3 is 2.72 bits per heavy atom. The lowest BCUT2D eigenvalue weighted by Gasteiger charge is -2.27. The van der Waals surface area contributed by atoms with Crippen molar-refractivity contribution in [1.82, 2.24) is 5.32 Å². The van der Waals surface area contributed by atoms with Gasteiger partial charge in [0.15, 0.2) is 0 Å². The standard InChI is InChI=1S/C24H25F3N2O3/c1-2-19(15-6-5-7-17(10-15)24(25,26)27)23(31)29-12-16(20-8-3-4-9-21(20)29)11-18-13-32-14-22(30)28-18/h3-10,16,18-19H,2,11-14H2,1H3,(H,28,30). The van der Waals surface area contributed by atoms with Gasteiger partial charge in [-0.25, -0.2) is 0 Å². The van der Waals surface area contributed by atoms with Gasteiger partial charge in [-0.2, -0.15) is 13.2 Å². The van der Waals surface area contributed by atoms with E-state index in [0.717, 1.165) is 23.4 Å². The number of hydrogen-bond acceptors (Lipinski definition) is 3. The van der Waals surface area contributed by atoms with E-state index in [0.29, 0.717) is 31.6 Å². The minimum Gasteiger partial charge on any atom is -0.370 e. The summed E-state index contributed by atoms with van der Waals surface area (Å²) in [5, 5.41) is 2.92. The van der Waals surface area contributed by atoms with E-state index in [9.17, 15) is 22.8 Å². The van der Waals surface area contributed by atoms with Crippen molar-refractivity contribution >= 4 is 17.5 Å². The average Bonchev–Trinajstić information content (AvgIpc) is 3.12. The zero-order valence-corrected chi connectivity index (χ0v) is 17.7. The number of alkyl halides is 3.